The molecule has 0 spiro atoms. The maximum Gasteiger partial charge on any atom is 0.271 e. The van der Waals surface area contributed by atoms with E-state index < -0.39 is 10.0 Å². The van der Waals surface area contributed by atoms with Gasteiger partial charge in [-0.1, -0.05) is 22.0 Å². The Labute approximate surface area is 118 Å². The lowest BCUT2D eigenvalue weighted by molar-refractivity contribution is 0.603. The third kappa shape index (κ3) is 3.11. The molecular weight excluding hydrogens is 336 g/mol. The second kappa shape index (κ2) is 5.40. The Morgan fingerprint density at radius 1 is 1.28 bits per heavy atom. The Morgan fingerprint density at radius 3 is 2.67 bits per heavy atom. The first-order valence-corrected chi connectivity index (χ1v) is 8.18. The van der Waals surface area contributed by atoms with Crippen LogP contribution in [0.4, 0.5) is 5.69 Å². The molecule has 0 saturated carbocycles. The molecular formula is C11H11BrN2O2S2. The van der Waals surface area contributed by atoms with Gasteiger partial charge < -0.3 is 5.73 Å². The molecule has 1 aromatic heterocycles. The summed E-state index contributed by atoms with van der Waals surface area (Å²) in [5, 5.41) is 0. The summed E-state index contributed by atoms with van der Waals surface area (Å²) in [6, 6.07) is 10.3. The Hall–Kier alpha value is -0.890. The van der Waals surface area contributed by atoms with Gasteiger partial charge in [0, 0.05) is 21.6 Å². The van der Waals surface area contributed by atoms with E-state index in [2.05, 4.69) is 20.7 Å². The second-order valence-electron chi connectivity index (χ2n) is 3.54. The van der Waals surface area contributed by atoms with Crippen molar-refractivity contribution in [3.63, 3.8) is 0 Å². The molecule has 2 aromatic rings. The zero-order chi connectivity index (χ0) is 13.2. The molecule has 0 unspecified atom stereocenters. The SMILES string of the molecule is NCc1ccc(S(=O)(=O)Nc2cccc(Br)c2)s1. The van der Waals surface area contributed by atoms with Crippen LogP contribution in [0.15, 0.2) is 45.1 Å². The van der Waals surface area contributed by atoms with E-state index in [0.717, 1.165) is 9.35 Å². The highest BCUT2D eigenvalue weighted by atomic mass is 79.9. The Morgan fingerprint density at radius 2 is 2.06 bits per heavy atom. The van der Waals surface area contributed by atoms with E-state index in [-0.39, 0.29) is 4.21 Å². The molecule has 0 amide bonds. The van der Waals surface area contributed by atoms with Crippen molar-refractivity contribution in [2.45, 2.75) is 10.8 Å². The number of halogens is 1. The predicted octanol–water partition coefficient (Wildman–Crippen LogP) is 2.77. The van der Waals surface area contributed by atoms with Gasteiger partial charge in [-0.2, -0.15) is 0 Å². The summed E-state index contributed by atoms with van der Waals surface area (Å²) >= 11 is 4.47. The molecule has 1 aromatic carbocycles. The van der Waals surface area contributed by atoms with E-state index in [1.807, 2.05) is 6.07 Å². The summed E-state index contributed by atoms with van der Waals surface area (Å²) in [7, 11) is -3.53. The highest BCUT2D eigenvalue weighted by molar-refractivity contribution is 9.10. The molecule has 0 aliphatic rings. The summed E-state index contributed by atoms with van der Waals surface area (Å²) in [4.78, 5) is 0.838. The molecule has 0 aliphatic carbocycles. The molecule has 18 heavy (non-hydrogen) atoms. The summed E-state index contributed by atoms with van der Waals surface area (Å²) in [6.45, 7) is 0.344. The van der Waals surface area contributed by atoms with Crippen molar-refractivity contribution >= 4 is 43.0 Å². The molecule has 96 valence electrons. The first kappa shape index (κ1) is 13.5. The van der Waals surface area contributed by atoms with Crippen LogP contribution in [0.2, 0.25) is 0 Å². The van der Waals surface area contributed by atoms with Crippen LogP contribution >= 0.6 is 27.3 Å². The van der Waals surface area contributed by atoms with Crippen molar-refractivity contribution in [2.75, 3.05) is 4.72 Å². The normalized spacial score (nSPS) is 11.4. The smallest absolute Gasteiger partial charge is 0.271 e. The number of nitrogens with one attached hydrogen (secondary N) is 1. The van der Waals surface area contributed by atoms with E-state index in [0.29, 0.717) is 12.2 Å². The lowest BCUT2D eigenvalue weighted by Gasteiger charge is -2.06. The average Bonchev–Trinajstić information content (AvgIpc) is 2.77. The fourth-order valence-corrected chi connectivity index (χ4v) is 4.05. The zero-order valence-corrected chi connectivity index (χ0v) is 12.5. The number of anilines is 1. The zero-order valence-electron chi connectivity index (χ0n) is 9.26. The Balaban J connectivity index is 2.27. The standard InChI is InChI=1S/C11H11BrN2O2S2/c12-8-2-1-3-9(6-8)14-18(15,16)11-5-4-10(7-13)17-11/h1-6,14H,7,13H2. The minimum absolute atomic E-state index is 0.267. The first-order chi connectivity index (χ1) is 8.51. The van der Waals surface area contributed by atoms with Gasteiger partial charge in [-0.3, -0.25) is 4.72 Å². The fourth-order valence-electron chi connectivity index (χ4n) is 1.37. The van der Waals surface area contributed by atoms with E-state index >= 15 is 0 Å². The number of hydrogen-bond acceptors (Lipinski definition) is 4. The number of benzene rings is 1. The molecule has 0 radical (unpaired) electrons. The minimum atomic E-state index is -3.53. The van der Waals surface area contributed by atoms with Crippen molar-refractivity contribution in [3.8, 4) is 0 Å². The summed E-state index contributed by atoms with van der Waals surface area (Å²) < 4.78 is 27.8. The van der Waals surface area contributed by atoms with Crippen molar-refractivity contribution in [1.82, 2.24) is 0 Å². The van der Waals surface area contributed by atoms with Crippen molar-refractivity contribution in [3.05, 3.63) is 45.7 Å². The van der Waals surface area contributed by atoms with Gasteiger partial charge >= 0.3 is 0 Å². The number of rotatable bonds is 4. The highest BCUT2D eigenvalue weighted by Crippen LogP contribution is 2.24. The Bertz CT molecular complexity index is 653. The number of hydrogen-bond donors (Lipinski definition) is 2. The maximum absolute atomic E-state index is 12.1. The van der Waals surface area contributed by atoms with Crippen LogP contribution in [0, 0.1) is 0 Å². The second-order valence-corrected chi connectivity index (χ2v) is 7.53. The summed E-state index contributed by atoms with van der Waals surface area (Å²) in [5.41, 5.74) is 5.99. The van der Waals surface area contributed by atoms with Crippen molar-refractivity contribution in [2.24, 2.45) is 5.73 Å². The monoisotopic (exact) mass is 346 g/mol. The van der Waals surface area contributed by atoms with Crippen LogP contribution < -0.4 is 10.5 Å². The van der Waals surface area contributed by atoms with E-state index in [9.17, 15) is 8.42 Å². The number of nitrogens with two attached hydrogens (primary N) is 1. The topological polar surface area (TPSA) is 72.2 Å². The average molecular weight is 347 g/mol. The third-order valence-electron chi connectivity index (χ3n) is 2.18. The lowest BCUT2D eigenvalue weighted by atomic mass is 10.3. The van der Waals surface area contributed by atoms with Gasteiger partial charge in [0.25, 0.3) is 10.0 Å². The lowest BCUT2D eigenvalue weighted by Crippen LogP contribution is -2.11. The largest absolute Gasteiger partial charge is 0.326 e. The van der Waals surface area contributed by atoms with Gasteiger partial charge in [0.2, 0.25) is 0 Å². The third-order valence-corrected chi connectivity index (χ3v) is 5.65. The quantitative estimate of drug-likeness (QED) is 0.893. The van der Waals surface area contributed by atoms with Crippen LogP contribution in [-0.4, -0.2) is 8.42 Å². The first-order valence-electron chi connectivity index (χ1n) is 5.08. The molecule has 3 N–H and O–H groups in total. The van der Waals surface area contributed by atoms with Gasteiger partial charge in [-0.05, 0) is 30.3 Å². The van der Waals surface area contributed by atoms with Gasteiger partial charge in [0.1, 0.15) is 4.21 Å². The summed E-state index contributed by atoms with van der Waals surface area (Å²) in [6.07, 6.45) is 0. The molecule has 0 bridgehead atoms. The Kier molecular flexibility index (Phi) is 4.06. The van der Waals surface area contributed by atoms with Crippen LogP contribution in [-0.2, 0) is 16.6 Å². The van der Waals surface area contributed by atoms with E-state index in [1.165, 1.54) is 11.3 Å². The molecule has 0 aliphatic heterocycles. The molecule has 1 heterocycles. The van der Waals surface area contributed by atoms with Gasteiger partial charge in [0.05, 0.1) is 0 Å². The van der Waals surface area contributed by atoms with Crippen molar-refractivity contribution < 1.29 is 8.42 Å². The van der Waals surface area contributed by atoms with Gasteiger partial charge in [-0.15, -0.1) is 11.3 Å². The van der Waals surface area contributed by atoms with Gasteiger partial charge in [-0.25, -0.2) is 8.42 Å². The summed E-state index contributed by atoms with van der Waals surface area (Å²) in [5.74, 6) is 0. The van der Waals surface area contributed by atoms with E-state index in [4.69, 9.17) is 5.73 Å². The van der Waals surface area contributed by atoms with Crippen molar-refractivity contribution in [1.29, 1.82) is 0 Å². The molecule has 0 fully saturated rings. The molecule has 0 atom stereocenters. The van der Waals surface area contributed by atoms with Crippen LogP contribution in [0.1, 0.15) is 4.88 Å². The van der Waals surface area contributed by atoms with E-state index in [1.54, 1.807) is 30.3 Å². The molecule has 0 saturated heterocycles. The van der Waals surface area contributed by atoms with Crippen LogP contribution in [0.25, 0.3) is 0 Å². The molecule has 2 rings (SSSR count). The van der Waals surface area contributed by atoms with Gasteiger partial charge in [0.15, 0.2) is 0 Å². The number of sulfonamides is 1. The molecule has 4 nitrogen and oxygen atoms in total. The number of thiophene rings is 1. The van der Waals surface area contributed by atoms with Crippen LogP contribution in [0.3, 0.4) is 0 Å². The maximum atomic E-state index is 12.1. The predicted molar refractivity (Wildman–Crippen MR) is 77.2 cm³/mol. The molecule has 7 heteroatoms. The fraction of sp³-hybridized carbons (Fsp3) is 0.0909. The highest BCUT2D eigenvalue weighted by Gasteiger charge is 2.16. The van der Waals surface area contributed by atoms with Crippen LogP contribution in [0.5, 0.6) is 0 Å². The minimum Gasteiger partial charge on any atom is -0.326 e.